The highest BCUT2D eigenvalue weighted by Gasteiger charge is 2.14. The van der Waals surface area contributed by atoms with Crippen LogP contribution in [0.4, 0.5) is 0 Å². The molecule has 0 amide bonds. The van der Waals surface area contributed by atoms with Crippen LogP contribution < -0.4 is 24.0 Å². The Kier molecular flexibility index (Phi) is 5.04. The largest absolute Gasteiger partial charge is 1.00 e. The number of nitrogens with zero attached hydrogens (tertiary/aromatic N) is 1. The van der Waals surface area contributed by atoms with Crippen LogP contribution in [-0.4, -0.2) is 41.8 Å². The molecular weight excluding hydrogens is 339 g/mol. The van der Waals surface area contributed by atoms with Crippen LogP contribution >= 0.6 is 0 Å². The first kappa shape index (κ1) is 15.3. The Bertz CT molecular complexity index is 519. The number of H-pyrrole nitrogens is 1. The number of hydrogen-bond acceptors (Lipinski definition) is 1. The Labute approximate surface area is 125 Å². The fourth-order valence-electron chi connectivity index (χ4n) is 2.01. The van der Waals surface area contributed by atoms with E-state index in [-0.39, 0.29) is 24.0 Å². The van der Waals surface area contributed by atoms with E-state index in [9.17, 15) is 5.11 Å². The molecule has 2 aromatic rings. The Hall–Kier alpha value is -0.750. The second-order valence-electron chi connectivity index (χ2n) is 5.24. The van der Waals surface area contributed by atoms with Crippen molar-refractivity contribution < 1.29 is 33.6 Å². The number of phenols is 1. The van der Waals surface area contributed by atoms with Gasteiger partial charge in [0.1, 0.15) is 5.75 Å². The molecule has 0 aliphatic carbocycles. The van der Waals surface area contributed by atoms with Crippen LogP contribution in [0.15, 0.2) is 24.4 Å². The third-order valence-electron chi connectivity index (χ3n) is 3.61. The molecule has 0 saturated carbocycles. The summed E-state index contributed by atoms with van der Waals surface area (Å²) in [7, 11) is 4.46. The van der Waals surface area contributed by atoms with Crippen LogP contribution in [-0.2, 0) is 6.42 Å². The summed E-state index contributed by atoms with van der Waals surface area (Å²) >= 11 is 0. The van der Waals surface area contributed by atoms with Gasteiger partial charge in [0.05, 0.1) is 27.2 Å². The molecule has 3 nitrogen and oxygen atoms in total. The summed E-state index contributed by atoms with van der Waals surface area (Å²) in [5.74, 6) is 0.376. The first-order valence-corrected chi connectivity index (χ1v) is 6.13. The molecule has 0 unspecified atom stereocenters. The summed E-state index contributed by atoms with van der Waals surface area (Å²) in [6.07, 6.45) is 3.00. The number of fused-ring (bicyclic) bond motifs is 1. The van der Waals surface area contributed by atoms with E-state index in [2.05, 4.69) is 26.0 Å². The number of aromatic hydroxyl groups is 1. The molecule has 0 spiro atoms. The molecule has 0 fully saturated rings. The zero-order chi connectivity index (χ0) is 12.5. The Morgan fingerprint density at radius 3 is 2.67 bits per heavy atom. The average Bonchev–Trinajstić information content (AvgIpc) is 2.71. The lowest BCUT2D eigenvalue weighted by atomic mass is 10.1. The summed E-state index contributed by atoms with van der Waals surface area (Å²) in [6.45, 7) is 4.40. The van der Waals surface area contributed by atoms with E-state index in [0.717, 1.165) is 34.9 Å². The molecule has 1 aromatic carbocycles. The number of rotatable bonds is 4. The highest BCUT2D eigenvalue weighted by Crippen LogP contribution is 2.28. The van der Waals surface area contributed by atoms with E-state index in [1.165, 1.54) is 5.56 Å². The maximum absolute atomic E-state index is 9.90. The zero-order valence-corrected chi connectivity index (χ0v) is 13.4. The van der Waals surface area contributed by atoms with Crippen molar-refractivity contribution in [3.05, 3.63) is 30.0 Å². The van der Waals surface area contributed by atoms with Crippen molar-refractivity contribution in [2.24, 2.45) is 0 Å². The highest BCUT2D eigenvalue weighted by atomic mass is 127. The van der Waals surface area contributed by atoms with Crippen LogP contribution in [0.3, 0.4) is 0 Å². The second kappa shape index (κ2) is 5.93. The topological polar surface area (TPSA) is 36.0 Å². The van der Waals surface area contributed by atoms with E-state index in [0.29, 0.717) is 5.75 Å². The van der Waals surface area contributed by atoms with Gasteiger partial charge in [-0.1, -0.05) is 6.07 Å². The van der Waals surface area contributed by atoms with Crippen molar-refractivity contribution in [2.45, 2.75) is 13.3 Å². The minimum absolute atomic E-state index is 0. The maximum Gasteiger partial charge on any atom is 0.125 e. The summed E-state index contributed by atoms with van der Waals surface area (Å²) in [4.78, 5) is 3.22. The number of hydrogen-bond donors (Lipinski definition) is 2. The van der Waals surface area contributed by atoms with Gasteiger partial charge in [0.15, 0.2) is 0 Å². The number of aromatic amines is 1. The minimum Gasteiger partial charge on any atom is -1.00 e. The maximum atomic E-state index is 9.90. The zero-order valence-electron chi connectivity index (χ0n) is 11.2. The Balaban J connectivity index is 0.00000162. The number of phenolic OH excluding ortho intramolecular Hbond substituents is 1. The van der Waals surface area contributed by atoms with Crippen molar-refractivity contribution >= 4 is 10.9 Å². The van der Waals surface area contributed by atoms with Gasteiger partial charge in [-0.3, -0.25) is 0 Å². The summed E-state index contributed by atoms with van der Waals surface area (Å²) in [5.41, 5.74) is 2.22. The number of likely N-dealkylation sites (N-methyl/N-ethyl adjacent to an activating group) is 1. The van der Waals surface area contributed by atoms with Crippen LogP contribution in [0, 0.1) is 0 Å². The predicted octanol–water partition coefficient (Wildman–Crippen LogP) is -0.484. The molecule has 0 aliphatic heterocycles. The number of aromatic nitrogens is 1. The molecule has 0 aliphatic rings. The van der Waals surface area contributed by atoms with Crippen molar-refractivity contribution in [1.82, 2.24) is 4.98 Å². The SMILES string of the molecule is CC[N+](C)(C)CCc1c[nH]c2cccc(O)c12.[I-]. The lowest BCUT2D eigenvalue weighted by Crippen LogP contribution is -3.00. The van der Waals surface area contributed by atoms with E-state index in [4.69, 9.17) is 0 Å². The second-order valence-corrected chi connectivity index (χ2v) is 5.24. The Morgan fingerprint density at radius 1 is 1.28 bits per heavy atom. The van der Waals surface area contributed by atoms with E-state index in [1.807, 2.05) is 18.3 Å². The monoisotopic (exact) mass is 360 g/mol. The Morgan fingerprint density at radius 2 is 2.00 bits per heavy atom. The molecule has 2 N–H and O–H groups in total. The van der Waals surface area contributed by atoms with Gasteiger partial charge >= 0.3 is 0 Å². The van der Waals surface area contributed by atoms with Crippen LogP contribution in [0.25, 0.3) is 10.9 Å². The van der Waals surface area contributed by atoms with E-state index in [1.54, 1.807) is 6.07 Å². The van der Waals surface area contributed by atoms with Gasteiger partial charge in [-0.15, -0.1) is 0 Å². The third kappa shape index (κ3) is 3.17. The van der Waals surface area contributed by atoms with Gasteiger partial charge in [0.25, 0.3) is 0 Å². The first-order valence-electron chi connectivity index (χ1n) is 6.13. The van der Waals surface area contributed by atoms with Crippen molar-refractivity contribution in [2.75, 3.05) is 27.2 Å². The number of quaternary nitrogens is 1. The molecule has 0 radical (unpaired) electrons. The standard InChI is InChI=1S/C14H20N2O.HI/c1-4-16(2,3)9-8-11-10-15-12-6-5-7-13(17)14(11)12;/h5-7,10,15H,4,8-9H2,1-3H3;1H. The smallest absolute Gasteiger partial charge is 0.125 e. The van der Waals surface area contributed by atoms with Gasteiger partial charge in [0.2, 0.25) is 0 Å². The van der Waals surface area contributed by atoms with Gasteiger partial charge < -0.3 is 38.6 Å². The molecular formula is C14H21IN2O. The first-order chi connectivity index (χ1) is 8.03. The van der Waals surface area contributed by atoms with Gasteiger partial charge in [-0.2, -0.15) is 0 Å². The number of halogens is 1. The molecule has 0 atom stereocenters. The lowest BCUT2D eigenvalue weighted by molar-refractivity contribution is -0.888. The lowest BCUT2D eigenvalue weighted by Gasteiger charge is -2.28. The van der Waals surface area contributed by atoms with E-state index < -0.39 is 0 Å². The summed E-state index contributed by atoms with van der Waals surface area (Å²) in [6, 6.07) is 5.61. The van der Waals surface area contributed by atoms with E-state index >= 15 is 0 Å². The normalized spacial score (nSPS) is 11.5. The van der Waals surface area contributed by atoms with Crippen molar-refractivity contribution in [1.29, 1.82) is 0 Å². The molecule has 0 bridgehead atoms. The van der Waals surface area contributed by atoms with Crippen LogP contribution in [0.1, 0.15) is 12.5 Å². The van der Waals surface area contributed by atoms with Gasteiger partial charge in [0, 0.05) is 23.5 Å². The number of nitrogens with one attached hydrogen (secondary N) is 1. The minimum atomic E-state index is 0. The third-order valence-corrected chi connectivity index (χ3v) is 3.61. The molecule has 1 heterocycles. The molecule has 100 valence electrons. The van der Waals surface area contributed by atoms with Gasteiger partial charge in [-0.25, -0.2) is 0 Å². The summed E-state index contributed by atoms with van der Waals surface area (Å²) in [5, 5.41) is 10.9. The van der Waals surface area contributed by atoms with Crippen molar-refractivity contribution in [3.63, 3.8) is 0 Å². The molecule has 2 rings (SSSR count). The molecule has 4 heteroatoms. The summed E-state index contributed by atoms with van der Waals surface area (Å²) < 4.78 is 1.00. The molecule has 0 saturated heterocycles. The van der Waals surface area contributed by atoms with Crippen LogP contribution in [0.2, 0.25) is 0 Å². The number of benzene rings is 1. The van der Waals surface area contributed by atoms with Crippen molar-refractivity contribution in [3.8, 4) is 5.75 Å². The molecule has 1 aromatic heterocycles. The van der Waals surface area contributed by atoms with Crippen LogP contribution in [0.5, 0.6) is 5.75 Å². The quantitative estimate of drug-likeness (QED) is 0.561. The average molecular weight is 360 g/mol. The predicted molar refractivity (Wildman–Crippen MR) is 71.2 cm³/mol. The fraction of sp³-hybridized carbons (Fsp3) is 0.429. The fourth-order valence-corrected chi connectivity index (χ4v) is 2.01. The molecule has 18 heavy (non-hydrogen) atoms. The van der Waals surface area contributed by atoms with Gasteiger partial charge in [-0.05, 0) is 24.6 Å². The highest BCUT2D eigenvalue weighted by molar-refractivity contribution is 5.88.